The third kappa shape index (κ3) is 5.07. The number of likely N-dealkylation sites (N-methyl/N-ethyl adjacent to an activating group) is 1. The van der Waals surface area contributed by atoms with Gasteiger partial charge in [-0.2, -0.15) is 4.31 Å². The van der Waals surface area contributed by atoms with Gasteiger partial charge < -0.3 is 5.32 Å². The average Bonchev–Trinajstić information content (AvgIpc) is 2.62. The average molecular weight is 429 g/mol. The molecule has 9 heteroatoms. The van der Waals surface area contributed by atoms with Gasteiger partial charge in [-0.1, -0.05) is 48.3 Å². The molecule has 2 aromatic carbocycles. The predicted octanol–water partition coefficient (Wildman–Crippen LogP) is 3.85. The van der Waals surface area contributed by atoms with Crippen LogP contribution in [0.1, 0.15) is 24.2 Å². The molecule has 1 N–H and O–H groups in total. The first-order chi connectivity index (χ1) is 12.7. The number of ketones is 1. The molecule has 0 unspecified atom stereocenters. The van der Waals surface area contributed by atoms with Crippen LogP contribution in [0.3, 0.4) is 0 Å². The van der Waals surface area contributed by atoms with Gasteiger partial charge >= 0.3 is 0 Å². The van der Waals surface area contributed by atoms with Crippen LogP contribution in [0.2, 0.25) is 10.0 Å². The highest BCUT2D eigenvalue weighted by Crippen LogP contribution is 2.29. The number of Topliss-reactive ketones (excluding diaryl/α,β-unsaturated/α-hetero) is 1. The second-order valence-electron chi connectivity index (χ2n) is 5.66. The Bertz CT molecular complexity index is 940. The molecule has 0 saturated heterocycles. The van der Waals surface area contributed by atoms with Gasteiger partial charge in [0, 0.05) is 12.1 Å². The monoisotopic (exact) mass is 428 g/mol. The summed E-state index contributed by atoms with van der Waals surface area (Å²) < 4.78 is 26.6. The zero-order valence-corrected chi connectivity index (χ0v) is 17.0. The maximum atomic E-state index is 12.8. The highest BCUT2D eigenvalue weighted by molar-refractivity contribution is 7.89. The van der Waals surface area contributed by atoms with Gasteiger partial charge in [0.25, 0.3) is 0 Å². The summed E-state index contributed by atoms with van der Waals surface area (Å²) in [5.41, 5.74) is 0.633. The molecule has 27 heavy (non-hydrogen) atoms. The third-order valence-electron chi connectivity index (χ3n) is 3.80. The van der Waals surface area contributed by atoms with Crippen molar-refractivity contribution in [3.8, 4) is 0 Å². The topological polar surface area (TPSA) is 83.6 Å². The molecule has 0 aliphatic carbocycles. The second-order valence-corrected chi connectivity index (χ2v) is 8.41. The molecule has 0 spiro atoms. The molecule has 0 heterocycles. The second kappa shape index (κ2) is 8.84. The Morgan fingerprint density at radius 3 is 2.07 bits per heavy atom. The summed E-state index contributed by atoms with van der Waals surface area (Å²) in [5, 5.41) is 3.04. The lowest BCUT2D eigenvalue weighted by molar-refractivity contribution is -0.116. The summed E-state index contributed by atoms with van der Waals surface area (Å²) in [6.45, 7) is 2.69. The minimum absolute atomic E-state index is 0.00192. The Morgan fingerprint density at radius 1 is 1.04 bits per heavy atom. The van der Waals surface area contributed by atoms with Crippen LogP contribution >= 0.6 is 23.2 Å². The van der Waals surface area contributed by atoms with Crippen LogP contribution in [0.4, 0.5) is 5.69 Å². The van der Waals surface area contributed by atoms with Gasteiger partial charge in [-0.15, -0.1) is 0 Å². The Kier molecular flexibility index (Phi) is 7.00. The Hall–Kier alpha value is -1.93. The number of hydrogen-bond donors (Lipinski definition) is 1. The van der Waals surface area contributed by atoms with Crippen LogP contribution in [-0.2, 0) is 14.8 Å². The van der Waals surface area contributed by atoms with Crippen molar-refractivity contribution in [3.05, 3.63) is 58.1 Å². The Morgan fingerprint density at radius 2 is 1.59 bits per heavy atom. The number of nitrogens with one attached hydrogen (secondary N) is 1. The molecule has 0 fully saturated rings. The molecule has 0 aliphatic rings. The molecule has 2 aromatic rings. The highest BCUT2D eigenvalue weighted by Gasteiger charge is 2.26. The summed E-state index contributed by atoms with van der Waals surface area (Å²) in [6, 6.07) is 10.3. The van der Waals surface area contributed by atoms with Crippen molar-refractivity contribution in [2.75, 3.05) is 18.4 Å². The van der Waals surface area contributed by atoms with Crippen molar-refractivity contribution in [2.24, 2.45) is 0 Å². The molecule has 6 nitrogen and oxygen atoms in total. The normalized spacial score (nSPS) is 11.4. The van der Waals surface area contributed by atoms with Crippen molar-refractivity contribution in [2.45, 2.75) is 18.7 Å². The van der Waals surface area contributed by atoms with Crippen LogP contribution in [0.15, 0.2) is 47.4 Å². The van der Waals surface area contributed by atoms with Crippen molar-refractivity contribution in [1.82, 2.24) is 4.31 Å². The molecule has 1 amide bonds. The summed E-state index contributed by atoms with van der Waals surface area (Å²) in [7, 11) is -3.91. The molecule has 0 aliphatic heterocycles. The zero-order valence-electron chi connectivity index (χ0n) is 14.7. The first-order valence-electron chi connectivity index (χ1n) is 8.01. The third-order valence-corrected chi connectivity index (χ3v) is 6.36. The molecule has 0 bridgehead atoms. The fraction of sp³-hybridized carbons (Fsp3) is 0.222. The molecule has 0 radical (unpaired) electrons. The van der Waals surface area contributed by atoms with E-state index in [1.54, 1.807) is 25.1 Å². The maximum absolute atomic E-state index is 12.8. The lowest BCUT2D eigenvalue weighted by Gasteiger charge is -2.20. The summed E-state index contributed by atoms with van der Waals surface area (Å²) in [4.78, 5) is 23.7. The van der Waals surface area contributed by atoms with E-state index in [4.69, 9.17) is 23.2 Å². The van der Waals surface area contributed by atoms with E-state index in [-0.39, 0.29) is 33.0 Å². The number of hydrogen-bond acceptors (Lipinski definition) is 4. The smallest absolute Gasteiger partial charge is 0.243 e. The van der Waals surface area contributed by atoms with Crippen molar-refractivity contribution in [3.63, 3.8) is 0 Å². The van der Waals surface area contributed by atoms with Gasteiger partial charge in [-0.05, 0) is 31.2 Å². The molecule has 0 saturated carbocycles. The van der Waals surface area contributed by atoms with E-state index in [1.165, 1.54) is 31.2 Å². The van der Waals surface area contributed by atoms with Crippen LogP contribution in [0, 0.1) is 0 Å². The van der Waals surface area contributed by atoms with Crippen LogP contribution in [0.5, 0.6) is 0 Å². The minimum atomic E-state index is -3.91. The SMILES string of the molecule is CCN(CC(=O)Nc1c(Cl)cccc1Cl)S(=O)(=O)c1ccc(C(C)=O)cc1. The first kappa shape index (κ1) is 21.4. The fourth-order valence-corrected chi connectivity index (χ4v) is 4.23. The van der Waals surface area contributed by atoms with Gasteiger partial charge in [0.2, 0.25) is 15.9 Å². The molecule has 2 rings (SSSR count). The molecular formula is C18H18Cl2N2O4S. The van der Waals surface area contributed by atoms with E-state index in [0.717, 1.165) is 4.31 Å². The van der Waals surface area contributed by atoms with E-state index in [1.807, 2.05) is 0 Å². The number of halogens is 2. The highest BCUT2D eigenvalue weighted by atomic mass is 35.5. The van der Waals surface area contributed by atoms with E-state index >= 15 is 0 Å². The van der Waals surface area contributed by atoms with E-state index in [9.17, 15) is 18.0 Å². The largest absolute Gasteiger partial charge is 0.322 e. The molecule has 0 aromatic heterocycles. The molecule has 144 valence electrons. The number of para-hydroxylation sites is 1. The van der Waals surface area contributed by atoms with E-state index in [2.05, 4.69) is 5.32 Å². The number of rotatable bonds is 7. The number of amides is 1. The van der Waals surface area contributed by atoms with Crippen molar-refractivity contribution >= 4 is 50.6 Å². The molecular weight excluding hydrogens is 411 g/mol. The number of nitrogens with zero attached hydrogens (tertiary/aromatic N) is 1. The fourth-order valence-electron chi connectivity index (χ4n) is 2.33. The van der Waals surface area contributed by atoms with Gasteiger partial charge in [0.05, 0.1) is 27.2 Å². The standard InChI is InChI=1S/C18H18Cl2N2O4S/c1-3-22(11-17(24)21-18-15(19)5-4-6-16(18)20)27(25,26)14-9-7-13(8-10-14)12(2)23/h4-10H,3,11H2,1-2H3,(H,21,24). The van der Waals surface area contributed by atoms with Gasteiger partial charge in [0.1, 0.15) is 0 Å². The molecule has 0 atom stereocenters. The number of sulfonamides is 1. The maximum Gasteiger partial charge on any atom is 0.243 e. The number of carbonyl (C=O) groups excluding carboxylic acids is 2. The summed E-state index contributed by atoms with van der Waals surface area (Å²) in [5.74, 6) is -0.738. The minimum Gasteiger partial charge on any atom is -0.322 e. The predicted molar refractivity (Wildman–Crippen MR) is 106 cm³/mol. The van der Waals surface area contributed by atoms with Crippen LogP contribution < -0.4 is 5.32 Å². The number of carbonyl (C=O) groups is 2. The van der Waals surface area contributed by atoms with Crippen molar-refractivity contribution in [1.29, 1.82) is 0 Å². The number of benzene rings is 2. The number of anilines is 1. The van der Waals surface area contributed by atoms with Crippen molar-refractivity contribution < 1.29 is 18.0 Å². The quantitative estimate of drug-likeness (QED) is 0.678. The van der Waals surface area contributed by atoms with Gasteiger partial charge in [-0.3, -0.25) is 9.59 Å². The lowest BCUT2D eigenvalue weighted by atomic mass is 10.2. The Balaban J connectivity index is 2.19. The zero-order chi connectivity index (χ0) is 20.2. The van der Waals surface area contributed by atoms with E-state index in [0.29, 0.717) is 5.56 Å². The van der Waals surface area contributed by atoms with Crippen LogP contribution in [0.25, 0.3) is 0 Å². The van der Waals surface area contributed by atoms with Gasteiger partial charge in [-0.25, -0.2) is 8.42 Å². The Labute approximate surface area is 168 Å². The lowest BCUT2D eigenvalue weighted by Crippen LogP contribution is -2.37. The van der Waals surface area contributed by atoms with Crippen LogP contribution in [-0.4, -0.2) is 37.5 Å². The van der Waals surface area contributed by atoms with E-state index < -0.39 is 22.5 Å². The van der Waals surface area contributed by atoms with Gasteiger partial charge in [0.15, 0.2) is 5.78 Å². The summed E-state index contributed by atoms with van der Waals surface area (Å²) >= 11 is 12.0. The summed E-state index contributed by atoms with van der Waals surface area (Å²) in [6.07, 6.45) is 0. The first-order valence-corrected chi connectivity index (χ1v) is 10.2.